The maximum Gasteiger partial charge on any atom is 0.158 e. The zero-order chi connectivity index (χ0) is 12.8. The third-order valence-electron chi connectivity index (χ3n) is 2.07. The highest BCUT2D eigenvalue weighted by atomic mass is 16.5. The average Bonchev–Trinajstić information content (AvgIpc) is 2.35. The Labute approximate surface area is 104 Å². The van der Waals surface area contributed by atoms with Crippen LogP contribution in [-0.4, -0.2) is 58.5 Å². The summed E-state index contributed by atoms with van der Waals surface area (Å²) in [5.74, 6) is 0.122. The minimum absolute atomic E-state index is 0.122. The second-order valence-electron chi connectivity index (χ2n) is 3.52. The van der Waals surface area contributed by atoms with Crippen molar-refractivity contribution in [1.29, 1.82) is 0 Å². The lowest BCUT2D eigenvalue weighted by molar-refractivity contribution is -0.123. The van der Waals surface area contributed by atoms with E-state index in [4.69, 9.17) is 14.2 Å². The van der Waals surface area contributed by atoms with E-state index >= 15 is 0 Å². The molecule has 0 fully saturated rings. The van der Waals surface area contributed by atoms with Gasteiger partial charge in [-0.2, -0.15) is 0 Å². The lowest BCUT2D eigenvalue weighted by Crippen LogP contribution is -2.20. The minimum atomic E-state index is 0.122. The highest BCUT2D eigenvalue weighted by Crippen LogP contribution is 1.84. The van der Waals surface area contributed by atoms with E-state index in [1.165, 1.54) is 0 Å². The largest absolute Gasteiger partial charge is 0.378 e. The molecule has 0 spiro atoms. The predicted molar refractivity (Wildman–Crippen MR) is 66.3 cm³/mol. The summed E-state index contributed by atoms with van der Waals surface area (Å²) < 4.78 is 15.7. The number of ketones is 1. The molecule has 1 N–H and O–H groups in total. The number of hydrogen-bond donors (Lipinski definition) is 1. The van der Waals surface area contributed by atoms with Crippen LogP contribution in [0.3, 0.4) is 0 Å². The Hall–Kier alpha value is -0.490. The van der Waals surface area contributed by atoms with Crippen molar-refractivity contribution in [3.05, 3.63) is 0 Å². The molecule has 0 aromatic heterocycles. The third kappa shape index (κ3) is 13.4. The van der Waals surface area contributed by atoms with Gasteiger partial charge in [0, 0.05) is 13.0 Å². The van der Waals surface area contributed by atoms with Crippen molar-refractivity contribution in [2.24, 2.45) is 0 Å². The van der Waals surface area contributed by atoms with Crippen LogP contribution < -0.4 is 5.32 Å². The van der Waals surface area contributed by atoms with Crippen molar-refractivity contribution in [2.75, 3.05) is 52.7 Å². The molecule has 0 aromatic carbocycles. The molecule has 0 amide bonds. The Morgan fingerprint density at radius 1 is 0.941 bits per heavy atom. The second kappa shape index (κ2) is 13.6. The van der Waals surface area contributed by atoms with Crippen LogP contribution >= 0.6 is 0 Å². The summed E-state index contributed by atoms with van der Waals surface area (Å²) >= 11 is 0. The summed E-state index contributed by atoms with van der Waals surface area (Å²) in [6.45, 7) is 8.76. The maximum atomic E-state index is 10.9. The molecule has 0 bridgehead atoms. The first-order valence-corrected chi connectivity index (χ1v) is 6.26. The summed E-state index contributed by atoms with van der Waals surface area (Å²) in [6.07, 6.45) is 0.528. The van der Waals surface area contributed by atoms with Gasteiger partial charge >= 0.3 is 0 Å². The highest BCUT2D eigenvalue weighted by molar-refractivity contribution is 5.79. The molecule has 5 heteroatoms. The van der Waals surface area contributed by atoms with E-state index in [1.807, 2.05) is 6.92 Å². The zero-order valence-electron chi connectivity index (χ0n) is 11.0. The van der Waals surface area contributed by atoms with E-state index in [0.717, 1.165) is 13.1 Å². The van der Waals surface area contributed by atoms with Gasteiger partial charge in [0.05, 0.1) is 33.0 Å². The summed E-state index contributed by atoms with van der Waals surface area (Å²) in [4.78, 5) is 10.9. The molecule has 0 saturated carbocycles. The summed E-state index contributed by atoms with van der Waals surface area (Å²) in [5.41, 5.74) is 0. The number of nitrogens with one attached hydrogen (secondary N) is 1. The zero-order valence-corrected chi connectivity index (χ0v) is 11.0. The molecule has 0 aliphatic rings. The Balaban J connectivity index is 2.96. The van der Waals surface area contributed by atoms with Crippen LogP contribution in [0.25, 0.3) is 0 Å². The molecule has 0 unspecified atom stereocenters. The normalized spacial score (nSPS) is 10.7. The molecule has 17 heavy (non-hydrogen) atoms. The van der Waals surface area contributed by atoms with E-state index in [2.05, 4.69) is 12.2 Å². The van der Waals surface area contributed by atoms with Gasteiger partial charge in [0.15, 0.2) is 5.78 Å². The molecular weight excluding hydrogens is 222 g/mol. The van der Waals surface area contributed by atoms with Gasteiger partial charge in [0.2, 0.25) is 0 Å². The molecule has 0 saturated heterocycles. The molecule has 0 rings (SSSR count). The monoisotopic (exact) mass is 247 g/mol. The quantitative estimate of drug-likeness (QED) is 0.484. The first-order chi connectivity index (χ1) is 8.31. The van der Waals surface area contributed by atoms with Crippen molar-refractivity contribution in [1.82, 2.24) is 5.32 Å². The molecule has 0 aliphatic heterocycles. The molecule has 0 radical (unpaired) electrons. The smallest absolute Gasteiger partial charge is 0.158 e. The predicted octanol–water partition coefficient (Wildman–Crippen LogP) is 0.625. The topological polar surface area (TPSA) is 56.8 Å². The van der Waals surface area contributed by atoms with Gasteiger partial charge in [0.25, 0.3) is 0 Å². The molecule has 0 atom stereocenters. The fraction of sp³-hybridized carbons (Fsp3) is 0.917. The van der Waals surface area contributed by atoms with Crippen LogP contribution in [0.4, 0.5) is 0 Å². The fourth-order valence-electron chi connectivity index (χ4n) is 1.05. The summed E-state index contributed by atoms with van der Waals surface area (Å²) in [7, 11) is 0. The van der Waals surface area contributed by atoms with Crippen LogP contribution in [0.5, 0.6) is 0 Å². The maximum absolute atomic E-state index is 10.9. The average molecular weight is 247 g/mol. The first-order valence-electron chi connectivity index (χ1n) is 6.26. The minimum Gasteiger partial charge on any atom is -0.378 e. The summed E-state index contributed by atoms with van der Waals surface area (Å²) in [6, 6.07) is 0. The lowest BCUT2D eigenvalue weighted by atomic mass is 10.3. The van der Waals surface area contributed by atoms with E-state index in [-0.39, 0.29) is 12.4 Å². The molecule has 5 nitrogen and oxygen atoms in total. The SMILES string of the molecule is CCNCCOCCOCCOCC(=O)CC. The molecule has 102 valence electrons. The first kappa shape index (κ1) is 16.5. The van der Waals surface area contributed by atoms with E-state index in [0.29, 0.717) is 39.5 Å². The molecular formula is C12H25NO4. The van der Waals surface area contributed by atoms with Gasteiger partial charge in [-0.25, -0.2) is 0 Å². The van der Waals surface area contributed by atoms with Gasteiger partial charge in [0.1, 0.15) is 6.61 Å². The standard InChI is InChI=1S/C12H25NO4/c1-3-12(14)11-17-10-9-16-8-7-15-6-5-13-4-2/h13H,3-11H2,1-2H3. The number of likely N-dealkylation sites (N-methyl/N-ethyl adjacent to an activating group) is 1. The number of carbonyl (C=O) groups is 1. The van der Waals surface area contributed by atoms with Crippen LogP contribution in [0.1, 0.15) is 20.3 Å². The van der Waals surface area contributed by atoms with Crippen molar-refractivity contribution in [3.8, 4) is 0 Å². The Morgan fingerprint density at radius 2 is 1.53 bits per heavy atom. The fourth-order valence-corrected chi connectivity index (χ4v) is 1.05. The molecule has 0 heterocycles. The molecule has 0 aromatic rings. The van der Waals surface area contributed by atoms with Gasteiger partial charge < -0.3 is 19.5 Å². The number of rotatable bonds is 13. The van der Waals surface area contributed by atoms with E-state index < -0.39 is 0 Å². The van der Waals surface area contributed by atoms with Gasteiger partial charge in [-0.15, -0.1) is 0 Å². The second-order valence-corrected chi connectivity index (χ2v) is 3.52. The Morgan fingerprint density at radius 3 is 2.12 bits per heavy atom. The van der Waals surface area contributed by atoms with Crippen molar-refractivity contribution in [2.45, 2.75) is 20.3 Å². The van der Waals surface area contributed by atoms with Gasteiger partial charge in [-0.3, -0.25) is 4.79 Å². The third-order valence-corrected chi connectivity index (χ3v) is 2.07. The Kier molecular flexibility index (Phi) is 13.2. The van der Waals surface area contributed by atoms with Crippen molar-refractivity contribution >= 4 is 5.78 Å². The van der Waals surface area contributed by atoms with Crippen LogP contribution in [0.15, 0.2) is 0 Å². The highest BCUT2D eigenvalue weighted by Gasteiger charge is 1.97. The van der Waals surface area contributed by atoms with Gasteiger partial charge in [-0.05, 0) is 6.54 Å². The van der Waals surface area contributed by atoms with E-state index in [1.54, 1.807) is 0 Å². The van der Waals surface area contributed by atoms with Gasteiger partial charge in [-0.1, -0.05) is 13.8 Å². The Bertz CT molecular complexity index is 176. The summed E-state index contributed by atoms with van der Waals surface area (Å²) in [5, 5.41) is 3.17. The van der Waals surface area contributed by atoms with Crippen molar-refractivity contribution in [3.63, 3.8) is 0 Å². The number of ether oxygens (including phenoxy) is 3. The van der Waals surface area contributed by atoms with Crippen LogP contribution in [0.2, 0.25) is 0 Å². The number of hydrogen-bond acceptors (Lipinski definition) is 5. The lowest BCUT2D eigenvalue weighted by Gasteiger charge is -2.06. The molecule has 0 aliphatic carbocycles. The number of carbonyl (C=O) groups excluding carboxylic acids is 1. The van der Waals surface area contributed by atoms with Crippen LogP contribution in [-0.2, 0) is 19.0 Å². The van der Waals surface area contributed by atoms with Crippen molar-refractivity contribution < 1.29 is 19.0 Å². The van der Waals surface area contributed by atoms with E-state index in [9.17, 15) is 4.79 Å². The number of Topliss-reactive ketones (excluding diaryl/α,β-unsaturated/α-hetero) is 1. The van der Waals surface area contributed by atoms with Crippen LogP contribution in [0, 0.1) is 0 Å².